The topological polar surface area (TPSA) is 411 Å². The molecule has 10 bridgehead atoms. The SMILES string of the molecule is Cc1sc2nc1C(=O)N[C@@H]([C@H](O)c1ccccc1)c1nc(cs1)C(=O)N[C@@H](Cc1ccc(OCc3nnn[nH]3)cc1)C(=O)N1C[C@H](O)[C@H](C)[C@H]1c1nc(cs1)-c1nc(cs1)-c1nc(-c3nc(C(=O)NC4CCC(C(=O)O)CC4)cs3)ccc1-c1nc(cs1)C(=O)N[C@H]2CC(N)=O. The first-order valence-corrected chi connectivity index (χ1v) is 35.3. The minimum absolute atomic E-state index is 0.0339. The van der Waals surface area contributed by atoms with E-state index in [0.29, 0.717) is 102 Å². The molecule has 13 rings (SSSR count). The van der Waals surface area contributed by atoms with Crippen molar-refractivity contribution < 1.29 is 53.6 Å². The van der Waals surface area contributed by atoms with Gasteiger partial charge >= 0.3 is 5.97 Å². The molecule has 10 N–H and O–H groups in total. The summed E-state index contributed by atoms with van der Waals surface area (Å²) in [5, 5.41) is 68.8. The number of rotatable bonds is 13. The highest BCUT2D eigenvalue weighted by atomic mass is 32.1. The summed E-state index contributed by atoms with van der Waals surface area (Å²) in [7, 11) is 0. The quantitative estimate of drug-likeness (QED) is 0.0558. The molecule has 10 aromatic rings. The van der Waals surface area contributed by atoms with Gasteiger partial charge in [-0.1, -0.05) is 49.4 Å². The molecule has 0 radical (unpaired) electrons. The Morgan fingerprint density at radius 1 is 0.708 bits per heavy atom. The van der Waals surface area contributed by atoms with Crippen molar-refractivity contribution in [1.29, 1.82) is 0 Å². The fraction of sp³-hybridized carbons (Fsp3) is 0.306. The maximum atomic E-state index is 15.4. The molecule has 8 aromatic heterocycles. The first-order valence-electron chi connectivity index (χ1n) is 30.1. The number of carboxylic acids is 1. The first kappa shape index (κ1) is 65.1. The van der Waals surface area contributed by atoms with Crippen LogP contribution in [-0.4, -0.2) is 142 Å². The summed E-state index contributed by atoms with van der Waals surface area (Å²) in [5.74, 6) is -4.88. The zero-order valence-electron chi connectivity index (χ0n) is 50.6. The van der Waals surface area contributed by atoms with Crippen LogP contribution in [0.2, 0.25) is 0 Å². The number of benzene rings is 2. The van der Waals surface area contributed by atoms with E-state index in [1.54, 1.807) is 89.8 Å². The maximum Gasteiger partial charge on any atom is 0.306 e. The number of aromatic amines is 1. The molecule has 2 aromatic carbocycles. The standard InChI is InChI=1S/C62H57N17O11S6/c1-27-43(80)20-79-49(27)60-72-42(26-95-60)57-68-38(22-92-57)47-34(16-17-35(65-47)56-70-39(24-93-56)51(83)64-32-12-10-31(11-13-32)62(88)89)55-69-40(23-91-55)52(84)66-36(19-44(63)81)58-74-46(28(2)96-58)54(86)73-48(50(82)30-6-4-3-5-7-30)59-71-41(25-94-59)53(85)67-37(61(79)87)18-29-8-14-33(15-9-29)90-21-45-75-77-78-76-45/h3-9,14-17,22-27,31-32,36-37,43,48-50,80,82H,10-13,18-21H2,1-2H3,(H2,63,81)(H,64,83)(H,66,84)(H,67,85)(H,73,86)(H,88,89)(H,75,76,77,78)/t27-,31?,32?,36-,37-,43-,48-,49-,50+/m0/s1. The summed E-state index contributed by atoms with van der Waals surface area (Å²) in [5.41, 5.74) is 8.74. The van der Waals surface area contributed by atoms with Crippen LogP contribution in [0.4, 0.5) is 0 Å². The van der Waals surface area contributed by atoms with Gasteiger partial charge in [0, 0.05) is 62.3 Å². The number of nitrogens with two attached hydrogens (primary N) is 1. The average Bonchev–Trinajstić information content (AvgIpc) is 1.63. The molecule has 492 valence electrons. The number of pyridine rings is 1. The van der Waals surface area contributed by atoms with Gasteiger partial charge in [0.2, 0.25) is 11.8 Å². The Labute approximate surface area is 568 Å². The van der Waals surface area contributed by atoms with Crippen molar-refractivity contribution in [1.82, 2.24) is 81.7 Å². The van der Waals surface area contributed by atoms with Crippen LogP contribution in [0.1, 0.15) is 142 Å². The molecule has 2 aliphatic heterocycles. The molecule has 96 heavy (non-hydrogen) atoms. The van der Waals surface area contributed by atoms with Gasteiger partial charge in [-0.05, 0) is 78.4 Å². The summed E-state index contributed by atoms with van der Waals surface area (Å²) in [6.07, 6.45) is -0.931. The van der Waals surface area contributed by atoms with Crippen molar-refractivity contribution in [3.05, 3.63) is 153 Å². The van der Waals surface area contributed by atoms with Crippen molar-refractivity contribution in [2.24, 2.45) is 17.6 Å². The fourth-order valence-corrected chi connectivity index (χ4v) is 16.8. The van der Waals surface area contributed by atoms with Gasteiger partial charge in [-0.25, -0.2) is 40.0 Å². The number of aryl methyl sites for hydroxylation is 1. The molecule has 6 amide bonds. The zero-order chi connectivity index (χ0) is 66.9. The summed E-state index contributed by atoms with van der Waals surface area (Å²) < 4.78 is 5.87. The fourth-order valence-electron chi connectivity index (χ4n) is 11.5. The van der Waals surface area contributed by atoms with Gasteiger partial charge in [0.1, 0.15) is 100 Å². The number of aliphatic hydroxyl groups excluding tert-OH is 2. The number of hydrogen-bond donors (Lipinski definition) is 9. The second-order valence-corrected chi connectivity index (χ2v) is 28.6. The van der Waals surface area contributed by atoms with Crippen LogP contribution in [0.15, 0.2) is 93.6 Å². The second-order valence-electron chi connectivity index (χ2n) is 23.0. The zero-order valence-corrected chi connectivity index (χ0v) is 55.5. The number of hydrogen-bond acceptors (Lipinski definition) is 26. The van der Waals surface area contributed by atoms with E-state index in [2.05, 4.69) is 56.8 Å². The number of nitrogens with one attached hydrogen (secondary N) is 5. The number of primary amides is 1. The van der Waals surface area contributed by atoms with Crippen molar-refractivity contribution in [3.8, 4) is 49.1 Å². The molecule has 0 spiro atoms. The Kier molecular flexibility index (Phi) is 19.0. The molecule has 0 unspecified atom stereocenters. The van der Waals surface area contributed by atoms with Crippen LogP contribution in [0.3, 0.4) is 0 Å². The Bertz CT molecular complexity index is 4540. The smallest absolute Gasteiger partial charge is 0.306 e. The third-order valence-electron chi connectivity index (χ3n) is 16.6. The minimum atomic E-state index is -1.43. The Balaban J connectivity index is 0.874. The van der Waals surface area contributed by atoms with Crippen LogP contribution in [0.5, 0.6) is 5.75 Å². The lowest BCUT2D eigenvalue weighted by atomic mass is 9.86. The van der Waals surface area contributed by atoms with E-state index in [-0.39, 0.29) is 58.4 Å². The number of carboxylic acid groups (broad SMARTS) is 1. The third kappa shape index (κ3) is 14.1. The van der Waals surface area contributed by atoms with Crippen LogP contribution >= 0.6 is 68.0 Å². The molecule has 1 saturated carbocycles. The predicted octanol–water partition coefficient (Wildman–Crippen LogP) is 7.05. The monoisotopic (exact) mass is 1410 g/mol. The molecule has 10 heterocycles. The van der Waals surface area contributed by atoms with Gasteiger partial charge in [-0.2, -0.15) is 0 Å². The number of thiazole rings is 6. The number of amides is 6. The van der Waals surface area contributed by atoms with Crippen molar-refractivity contribution in [2.75, 3.05) is 6.54 Å². The highest BCUT2D eigenvalue weighted by Gasteiger charge is 2.46. The van der Waals surface area contributed by atoms with E-state index in [1.807, 2.05) is 6.92 Å². The largest absolute Gasteiger partial charge is 0.486 e. The normalized spacial score (nSPS) is 21.1. The average molecular weight is 1410 g/mol. The number of aliphatic hydroxyl groups is 2. The van der Waals surface area contributed by atoms with Crippen molar-refractivity contribution in [2.45, 2.75) is 101 Å². The number of carbonyl (C=O) groups is 7. The maximum absolute atomic E-state index is 15.4. The van der Waals surface area contributed by atoms with E-state index in [9.17, 15) is 44.1 Å². The van der Waals surface area contributed by atoms with E-state index in [4.69, 9.17) is 30.4 Å². The molecule has 1 aliphatic carbocycles. The van der Waals surface area contributed by atoms with Crippen LogP contribution in [-0.2, 0) is 27.4 Å². The third-order valence-corrected chi connectivity index (χ3v) is 22.1. The lowest BCUT2D eigenvalue weighted by Crippen LogP contribution is -2.50. The lowest BCUT2D eigenvalue weighted by molar-refractivity contribution is -0.143. The number of aliphatic carboxylic acids is 1. The highest BCUT2D eigenvalue weighted by molar-refractivity contribution is 7.15. The molecule has 28 nitrogen and oxygen atoms in total. The molecule has 34 heteroatoms. The van der Waals surface area contributed by atoms with Crippen molar-refractivity contribution in [3.63, 3.8) is 0 Å². The van der Waals surface area contributed by atoms with E-state index in [0.717, 1.165) is 34.0 Å². The number of H-pyrrole nitrogens is 1. The van der Waals surface area contributed by atoms with E-state index >= 15 is 4.79 Å². The highest BCUT2D eigenvalue weighted by Crippen LogP contribution is 2.43. The van der Waals surface area contributed by atoms with Gasteiger partial charge in [0.15, 0.2) is 5.82 Å². The van der Waals surface area contributed by atoms with Crippen LogP contribution in [0.25, 0.3) is 43.4 Å². The molecule has 2 fully saturated rings. The van der Waals surface area contributed by atoms with Crippen LogP contribution in [0, 0.1) is 18.8 Å². The molecular formula is C62H57N17O11S6. The summed E-state index contributed by atoms with van der Waals surface area (Å²) in [4.78, 5) is 133. The van der Waals surface area contributed by atoms with E-state index in [1.165, 1.54) is 49.7 Å². The Morgan fingerprint density at radius 3 is 2.14 bits per heavy atom. The summed E-state index contributed by atoms with van der Waals surface area (Å²) in [6, 6.07) is 14.2. The summed E-state index contributed by atoms with van der Waals surface area (Å²) >= 11 is 6.90. The van der Waals surface area contributed by atoms with Gasteiger partial charge in [0.25, 0.3) is 23.6 Å². The number of ether oxygens (including phenoxy) is 1. The Hall–Kier alpha value is -9.55. The summed E-state index contributed by atoms with van der Waals surface area (Å²) in [6.45, 7) is 3.40. The lowest BCUT2D eigenvalue weighted by Gasteiger charge is -2.29. The molecule has 1 saturated heterocycles. The number of carbonyl (C=O) groups excluding carboxylic acids is 6. The van der Waals surface area contributed by atoms with E-state index < -0.39 is 96.0 Å². The van der Waals surface area contributed by atoms with Gasteiger partial charge in [-0.3, -0.25) is 33.6 Å². The molecule has 3 aliphatic rings. The number of nitrogens with zero attached hydrogens (tertiary/aromatic N) is 11. The van der Waals surface area contributed by atoms with Crippen molar-refractivity contribution >= 4 is 109 Å². The number of tetrazole rings is 1. The molecular weight excluding hydrogens is 1350 g/mol. The predicted molar refractivity (Wildman–Crippen MR) is 354 cm³/mol. The molecule has 7 atom stereocenters. The number of aromatic nitrogens is 11. The van der Waals surface area contributed by atoms with Gasteiger partial charge < -0.3 is 52.0 Å². The number of fused-ring (bicyclic) bond motifs is 16. The van der Waals surface area contributed by atoms with Crippen LogP contribution < -0.4 is 31.7 Å². The minimum Gasteiger partial charge on any atom is -0.486 e. The second kappa shape index (κ2) is 28.0. The Morgan fingerprint density at radius 2 is 1.39 bits per heavy atom. The first-order chi connectivity index (χ1) is 46.4. The van der Waals surface area contributed by atoms with Gasteiger partial charge in [-0.15, -0.1) is 73.1 Å². The van der Waals surface area contributed by atoms with Gasteiger partial charge in [0.05, 0.1) is 36.2 Å².